The zero-order valence-corrected chi connectivity index (χ0v) is 33.0. The number of nitrogens with one attached hydrogen (secondary N) is 3. The van der Waals surface area contributed by atoms with E-state index in [0.29, 0.717) is 70.1 Å². The molecule has 1 aliphatic heterocycles. The SMILES string of the molecule is COC(=O)[C@@H](CCCCNC(=O)OC(C)C)NC(=O)[C@@]1(c2ccccc2)CC[C@H](C(=O)N2CCC(NC(=O)c3cccn(C)c3=O)CC2)c2ccccc21.S. The maximum absolute atomic E-state index is 14.7. The average molecular weight is 776 g/mol. The van der Waals surface area contributed by atoms with E-state index in [0.717, 1.165) is 11.1 Å². The summed E-state index contributed by atoms with van der Waals surface area (Å²) < 4.78 is 11.6. The molecule has 55 heavy (non-hydrogen) atoms. The summed E-state index contributed by atoms with van der Waals surface area (Å²) in [5.41, 5.74) is 0.754. The van der Waals surface area contributed by atoms with Crippen LogP contribution in [0.15, 0.2) is 77.7 Å². The van der Waals surface area contributed by atoms with Crippen molar-refractivity contribution in [1.82, 2.24) is 25.4 Å². The van der Waals surface area contributed by atoms with Gasteiger partial charge in [-0.1, -0.05) is 54.6 Å². The second-order valence-electron chi connectivity index (χ2n) is 14.3. The van der Waals surface area contributed by atoms with Crippen LogP contribution in [0.25, 0.3) is 0 Å². The molecule has 3 atom stereocenters. The van der Waals surface area contributed by atoms with Gasteiger partial charge < -0.3 is 34.9 Å². The number of alkyl carbamates (subject to hydrolysis) is 1. The van der Waals surface area contributed by atoms with Gasteiger partial charge in [0, 0.05) is 38.9 Å². The summed E-state index contributed by atoms with van der Waals surface area (Å²) in [6.07, 6.45) is 4.04. The zero-order chi connectivity index (χ0) is 38.8. The van der Waals surface area contributed by atoms with Gasteiger partial charge in [-0.05, 0) is 87.6 Å². The molecule has 14 heteroatoms. The van der Waals surface area contributed by atoms with Crippen LogP contribution in [0.4, 0.5) is 4.79 Å². The fraction of sp³-hybridized carbons (Fsp3) is 0.463. The molecule has 13 nitrogen and oxygen atoms in total. The average Bonchev–Trinajstić information content (AvgIpc) is 3.17. The van der Waals surface area contributed by atoms with Crippen LogP contribution in [-0.2, 0) is 36.3 Å². The molecule has 2 heterocycles. The monoisotopic (exact) mass is 775 g/mol. The molecule has 1 fully saturated rings. The molecule has 2 aromatic carbocycles. The topological polar surface area (TPSA) is 165 Å². The van der Waals surface area contributed by atoms with Crippen LogP contribution in [0, 0.1) is 0 Å². The highest BCUT2D eigenvalue weighted by Gasteiger charge is 2.49. The number of hydrogen-bond donors (Lipinski definition) is 3. The molecule has 0 bridgehead atoms. The number of methoxy groups -OCH3 is 1. The number of unbranched alkanes of at least 4 members (excludes halogenated alkanes) is 1. The Bertz CT molecular complexity index is 1880. The summed E-state index contributed by atoms with van der Waals surface area (Å²) in [5, 5.41) is 8.67. The number of carbonyl (C=O) groups is 5. The predicted molar refractivity (Wildman–Crippen MR) is 212 cm³/mol. The standard InChI is InChI=1S/C41H51N5O8.H2S/c1-27(2)54-40(52)42-23-11-10-18-34(38(50)53-4)44-39(51)41(28-13-6-5-7-14-28)22-19-31(30-15-8-9-17-33(30)41)37(49)46-25-20-29(21-26-46)43-35(47)32-16-12-24-45(3)36(32)48;/h5-9,12-17,24,27,29,31,34H,10-11,18-23,25-26H2,1-4H3,(H,42,52)(H,43,47)(H,44,51);1H2/t31-,34+,41+;/m0./s1. The van der Waals surface area contributed by atoms with Crippen molar-refractivity contribution in [3.63, 3.8) is 0 Å². The fourth-order valence-electron chi connectivity index (χ4n) is 7.58. The first-order valence-corrected chi connectivity index (χ1v) is 18.7. The molecule has 296 valence electrons. The van der Waals surface area contributed by atoms with Crippen LogP contribution < -0.4 is 21.5 Å². The molecule has 3 aromatic rings. The maximum Gasteiger partial charge on any atom is 0.407 e. The lowest BCUT2D eigenvalue weighted by atomic mass is 9.62. The summed E-state index contributed by atoms with van der Waals surface area (Å²) >= 11 is 0. The van der Waals surface area contributed by atoms with Gasteiger partial charge in [0.25, 0.3) is 11.5 Å². The van der Waals surface area contributed by atoms with Crippen LogP contribution in [-0.4, -0.2) is 84.2 Å². The summed E-state index contributed by atoms with van der Waals surface area (Å²) in [6.45, 7) is 4.76. The normalized spacial score (nSPS) is 18.6. The molecule has 1 saturated heterocycles. The van der Waals surface area contributed by atoms with Gasteiger partial charge in [-0.15, -0.1) is 0 Å². The number of carbonyl (C=O) groups excluding carboxylic acids is 5. The lowest BCUT2D eigenvalue weighted by Crippen LogP contribution is -2.54. The minimum absolute atomic E-state index is 0. The fourth-order valence-corrected chi connectivity index (χ4v) is 7.58. The largest absolute Gasteiger partial charge is 0.467 e. The van der Waals surface area contributed by atoms with Crippen LogP contribution in [0.2, 0.25) is 0 Å². The van der Waals surface area contributed by atoms with E-state index in [9.17, 15) is 28.8 Å². The van der Waals surface area contributed by atoms with E-state index in [1.165, 1.54) is 17.7 Å². The highest BCUT2D eigenvalue weighted by Crippen LogP contribution is 2.48. The van der Waals surface area contributed by atoms with Gasteiger partial charge in [-0.2, -0.15) is 13.5 Å². The number of aromatic nitrogens is 1. The van der Waals surface area contributed by atoms with E-state index < -0.39 is 35.3 Å². The molecule has 0 radical (unpaired) electrons. The Balaban J connectivity index is 0.00000673. The first-order valence-electron chi connectivity index (χ1n) is 18.7. The first-order chi connectivity index (χ1) is 26.0. The number of aryl methyl sites for hydroxylation is 1. The Kier molecular flexibility index (Phi) is 15.1. The number of nitrogens with zero attached hydrogens (tertiary/aromatic N) is 2. The van der Waals surface area contributed by atoms with Crippen molar-refractivity contribution in [1.29, 1.82) is 0 Å². The Morgan fingerprint density at radius 2 is 1.60 bits per heavy atom. The highest BCUT2D eigenvalue weighted by molar-refractivity contribution is 7.59. The third-order valence-electron chi connectivity index (χ3n) is 10.4. The van der Waals surface area contributed by atoms with E-state index in [-0.39, 0.29) is 48.6 Å². The second-order valence-corrected chi connectivity index (χ2v) is 14.3. The number of ether oxygens (including phenoxy) is 2. The Labute approximate surface area is 329 Å². The van der Waals surface area contributed by atoms with Gasteiger partial charge >= 0.3 is 12.1 Å². The number of amides is 4. The van der Waals surface area contributed by atoms with Gasteiger partial charge in [-0.25, -0.2) is 9.59 Å². The van der Waals surface area contributed by atoms with Crippen molar-refractivity contribution in [3.05, 3.63) is 106 Å². The summed E-state index contributed by atoms with van der Waals surface area (Å²) in [7, 11) is 2.88. The number of benzene rings is 2. The van der Waals surface area contributed by atoms with Crippen LogP contribution in [0.3, 0.4) is 0 Å². The molecular weight excluding hydrogens is 723 g/mol. The van der Waals surface area contributed by atoms with E-state index >= 15 is 0 Å². The Morgan fingerprint density at radius 3 is 2.29 bits per heavy atom. The van der Waals surface area contributed by atoms with Gasteiger partial charge in [0.15, 0.2) is 0 Å². The molecular formula is C41H53N5O8S. The second kappa shape index (κ2) is 19.5. The number of rotatable bonds is 13. The number of fused-ring (bicyclic) bond motifs is 1. The van der Waals surface area contributed by atoms with E-state index in [4.69, 9.17) is 9.47 Å². The Morgan fingerprint density at radius 1 is 0.909 bits per heavy atom. The third-order valence-corrected chi connectivity index (χ3v) is 10.4. The summed E-state index contributed by atoms with van der Waals surface area (Å²) in [5.74, 6) is -1.87. The summed E-state index contributed by atoms with van der Waals surface area (Å²) in [6, 6.07) is 19.0. The van der Waals surface area contributed by atoms with Crippen molar-refractivity contribution in [2.75, 3.05) is 26.7 Å². The van der Waals surface area contributed by atoms with Crippen LogP contribution in [0.1, 0.15) is 91.8 Å². The Hall–Kier alpha value is -5.11. The molecule has 1 aromatic heterocycles. The van der Waals surface area contributed by atoms with Gasteiger partial charge in [0.2, 0.25) is 11.8 Å². The first kappa shape index (κ1) is 42.6. The molecule has 5 rings (SSSR count). The lowest BCUT2D eigenvalue weighted by Gasteiger charge is -2.43. The number of esters is 1. The molecule has 2 aliphatic rings. The predicted octanol–water partition coefficient (Wildman–Crippen LogP) is 4.05. The third kappa shape index (κ3) is 9.96. The van der Waals surface area contributed by atoms with Gasteiger partial charge in [0.05, 0.1) is 24.5 Å². The minimum atomic E-state index is -1.19. The highest BCUT2D eigenvalue weighted by atomic mass is 32.1. The van der Waals surface area contributed by atoms with Gasteiger partial charge in [0.1, 0.15) is 11.6 Å². The van der Waals surface area contributed by atoms with Crippen LogP contribution >= 0.6 is 13.5 Å². The molecule has 4 amide bonds. The number of pyridine rings is 1. The molecule has 0 spiro atoms. The quantitative estimate of drug-likeness (QED) is 0.173. The summed E-state index contributed by atoms with van der Waals surface area (Å²) in [4.78, 5) is 80.9. The molecule has 1 aliphatic carbocycles. The lowest BCUT2D eigenvalue weighted by molar-refractivity contribution is -0.146. The van der Waals surface area contributed by atoms with Crippen molar-refractivity contribution < 1.29 is 33.4 Å². The molecule has 0 unspecified atom stereocenters. The van der Waals surface area contributed by atoms with Crippen molar-refractivity contribution >= 4 is 43.3 Å². The van der Waals surface area contributed by atoms with Crippen molar-refractivity contribution in [2.45, 2.75) is 88.3 Å². The number of piperidine rings is 1. The van der Waals surface area contributed by atoms with E-state index in [2.05, 4.69) is 16.0 Å². The van der Waals surface area contributed by atoms with Gasteiger partial charge in [-0.3, -0.25) is 19.2 Å². The zero-order valence-electron chi connectivity index (χ0n) is 32.0. The molecule has 0 saturated carbocycles. The smallest absolute Gasteiger partial charge is 0.407 e. The molecule has 3 N–H and O–H groups in total. The maximum atomic E-state index is 14.7. The van der Waals surface area contributed by atoms with E-state index in [1.54, 1.807) is 33.2 Å². The minimum Gasteiger partial charge on any atom is -0.467 e. The number of likely N-dealkylation sites (tertiary alicyclic amines) is 1. The van der Waals surface area contributed by atoms with Crippen LogP contribution in [0.5, 0.6) is 0 Å². The number of hydrogen-bond acceptors (Lipinski definition) is 8. The van der Waals surface area contributed by atoms with E-state index in [1.807, 2.05) is 59.5 Å². The van der Waals surface area contributed by atoms with Crippen molar-refractivity contribution in [3.8, 4) is 0 Å². The van der Waals surface area contributed by atoms with Crippen molar-refractivity contribution in [2.24, 2.45) is 7.05 Å².